The summed E-state index contributed by atoms with van der Waals surface area (Å²) in [7, 11) is 0. The lowest BCUT2D eigenvalue weighted by molar-refractivity contribution is -0.331. The van der Waals surface area contributed by atoms with Gasteiger partial charge in [0.1, 0.15) is 24.9 Å². The number of hydrogen-bond acceptors (Lipinski definition) is 6. The Balaban J connectivity index is 1.45. The first-order valence-corrected chi connectivity index (χ1v) is 9.85. The van der Waals surface area contributed by atoms with E-state index >= 15 is 0 Å². The molecule has 0 radical (unpaired) electrons. The zero-order chi connectivity index (χ0) is 19.3. The number of alkyl halides is 1. The van der Waals surface area contributed by atoms with Crippen molar-refractivity contribution in [1.82, 2.24) is 0 Å². The predicted molar refractivity (Wildman–Crippen MR) is 98.2 cm³/mol. The van der Waals surface area contributed by atoms with Gasteiger partial charge >= 0.3 is 0 Å². The maximum Gasteiger partial charge on any atom is 0.224 e. The van der Waals surface area contributed by atoms with E-state index < -0.39 is 17.4 Å². The molecular weight excluding hydrogens is 372 g/mol. The predicted octanol–water partition coefficient (Wildman–Crippen LogP) is 3.34. The van der Waals surface area contributed by atoms with E-state index in [1.165, 1.54) is 0 Å². The van der Waals surface area contributed by atoms with Gasteiger partial charge in [-0.3, -0.25) is 0 Å². The van der Waals surface area contributed by atoms with Crippen molar-refractivity contribution in [3.05, 3.63) is 35.4 Å². The van der Waals surface area contributed by atoms with Crippen LogP contribution in [0.5, 0.6) is 0 Å². The summed E-state index contributed by atoms with van der Waals surface area (Å²) in [6, 6.07) is 8.02. The van der Waals surface area contributed by atoms with E-state index in [0.29, 0.717) is 19.1 Å². The quantitative estimate of drug-likeness (QED) is 0.709. The second-order valence-corrected chi connectivity index (χ2v) is 8.51. The van der Waals surface area contributed by atoms with Gasteiger partial charge in [0.05, 0.1) is 13.2 Å². The highest BCUT2D eigenvalue weighted by Crippen LogP contribution is 2.49. The topological polar surface area (TPSA) is 55.4 Å². The molecule has 3 aliphatic rings. The van der Waals surface area contributed by atoms with Crippen molar-refractivity contribution in [2.75, 3.05) is 13.2 Å². The molecule has 7 heteroatoms. The number of ether oxygens (including phenoxy) is 6. The molecule has 0 aromatic heterocycles. The van der Waals surface area contributed by atoms with Crippen LogP contribution < -0.4 is 0 Å². The molecule has 0 bridgehead atoms. The van der Waals surface area contributed by atoms with E-state index in [-0.39, 0.29) is 24.9 Å². The fourth-order valence-electron chi connectivity index (χ4n) is 3.91. The first kappa shape index (κ1) is 19.6. The van der Waals surface area contributed by atoms with Crippen molar-refractivity contribution >= 4 is 11.6 Å². The first-order chi connectivity index (χ1) is 12.7. The number of benzene rings is 1. The van der Waals surface area contributed by atoms with Crippen LogP contribution in [0.1, 0.15) is 38.8 Å². The van der Waals surface area contributed by atoms with Crippen molar-refractivity contribution in [2.45, 2.75) is 75.9 Å². The molecule has 0 saturated carbocycles. The Morgan fingerprint density at radius 1 is 1.00 bits per heavy atom. The van der Waals surface area contributed by atoms with Crippen LogP contribution in [0.15, 0.2) is 24.3 Å². The summed E-state index contributed by atoms with van der Waals surface area (Å²) >= 11 is 5.84. The summed E-state index contributed by atoms with van der Waals surface area (Å²) < 4.78 is 36.4. The van der Waals surface area contributed by atoms with Crippen LogP contribution in [-0.4, -0.2) is 48.9 Å². The third kappa shape index (κ3) is 3.90. The molecule has 4 atom stereocenters. The molecule has 1 aromatic carbocycles. The summed E-state index contributed by atoms with van der Waals surface area (Å²) in [5.41, 5.74) is 2.14. The molecule has 0 unspecified atom stereocenters. The van der Waals surface area contributed by atoms with Crippen LogP contribution in [0.4, 0.5) is 0 Å². The van der Waals surface area contributed by atoms with Gasteiger partial charge in [-0.15, -0.1) is 11.6 Å². The lowest BCUT2D eigenvalue weighted by atomic mass is 10.0. The molecule has 3 saturated heterocycles. The highest BCUT2D eigenvalue weighted by atomic mass is 35.5. The number of halogens is 1. The Labute approximate surface area is 165 Å². The molecule has 1 aromatic rings. The van der Waals surface area contributed by atoms with Crippen molar-refractivity contribution in [3.63, 3.8) is 0 Å². The SMILES string of the molecule is CC1(C)OC[C@@H]2O[C@@]3(COCc4ccc(CCl)cc4)OC(C)(C)O[C@H]3[C@@H]2O1. The van der Waals surface area contributed by atoms with E-state index in [9.17, 15) is 0 Å². The molecule has 4 rings (SSSR count). The second-order valence-electron chi connectivity index (χ2n) is 8.24. The van der Waals surface area contributed by atoms with Crippen LogP contribution >= 0.6 is 11.6 Å². The molecule has 3 aliphatic heterocycles. The second kappa shape index (κ2) is 6.95. The minimum absolute atomic E-state index is 0.245. The van der Waals surface area contributed by atoms with Gasteiger partial charge in [0.25, 0.3) is 0 Å². The Morgan fingerprint density at radius 3 is 2.41 bits per heavy atom. The molecule has 6 nitrogen and oxygen atoms in total. The minimum atomic E-state index is -1.00. The third-order valence-corrected chi connectivity index (χ3v) is 5.35. The van der Waals surface area contributed by atoms with E-state index in [4.69, 9.17) is 40.0 Å². The summed E-state index contributed by atoms with van der Waals surface area (Å²) in [5, 5.41) is 0. The molecule has 27 heavy (non-hydrogen) atoms. The molecule has 3 heterocycles. The van der Waals surface area contributed by atoms with E-state index in [1.807, 2.05) is 52.0 Å². The molecule has 0 N–H and O–H groups in total. The Bertz CT molecular complexity index is 676. The third-order valence-electron chi connectivity index (χ3n) is 5.04. The minimum Gasteiger partial charge on any atom is -0.371 e. The summed E-state index contributed by atoms with van der Waals surface area (Å²) in [4.78, 5) is 0. The van der Waals surface area contributed by atoms with Gasteiger partial charge in [0.15, 0.2) is 11.6 Å². The Hall–Kier alpha value is -0.730. The molecule has 0 aliphatic carbocycles. The van der Waals surface area contributed by atoms with Crippen LogP contribution in [0.25, 0.3) is 0 Å². The van der Waals surface area contributed by atoms with Gasteiger partial charge in [-0.05, 0) is 38.8 Å². The summed E-state index contributed by atoms with van der Waals surface area (Å²) in [6.07, 6.45) is -0.882. The van der Waals surface area contributed by atoms with Gasteiger partial charge in [-0.2, -0.15) is 0 Å². The Kier molecular flexibility index (Phi) is 5.04. The summed E-state index contributed by atoms with van der Waals surface area (Å²) in [6.45, 7) is 8.67. The van der Waals surface area contributed by atoms with Gasteiger partial charge in [-0.1, -0.05) is 24.3 Å². The maximum atomic E-state index is 6.24. The zero-order valence-electron chi connectivity index (χ0n) is 16.2. The molecule has 3 fully saturated rings. The molecule has 150 valence electrons. The highest BCUT2D eigenvalue weighted by Gasteiger charge is 2.67. The van der Waals surface area contributed by atoms with Crippen LogP contribution in [-0.2, 0) is 40.9 Å². The van der Waals surface area contributed by atoms with E-state index in [0.717, 1.165) is 11.1 Å². The van der Waals surface area contributed by atoms with Gasteiger partial charge in [0, 0.05) is 5.88 Å². The highest BCUT2D eigenvalue weighted by molar-refractivity contribution is 6.17. The number of hydrogen-bond donors (Lipinski definition) is 0. The van der Waals surface area contributed by atoms with Crippen LogP contribution in [0.3, 0.4) is 0 Å². The fraction of sp³-hybridized carbons (Fsp3) is 0.700. The zero-order valence-corrected chi connectivity index (χ0v) is 17.0. The lowest BCUT2D eigenvalue weighted by Gasteiger charge is -2.38. The van der Waals surface area contributed by atoms with Crippen molar-refractivity contribution in [1.29, 1.82) is 0 Å². The molecule has 0 amide bonds. The number of rotatable bonds is 5. The summed E-state index contributed by atoms with van der Waals surface area (Å²) in [5.74, 6) is -1.95. The maximum absolute atomic E-state index is 6.24. The Morgan fingerprint density at radius 2 is 1.70 bits per heavy atom. The largest absolute Gasteiger partial charge is 0.371 e. The van der Waals surface area contributed by atoms with Gasteiger partial charge < -0.3 is 28.4 Å². The van der Waals surface area contributed by atoms with Crippen LogP contribution in [0, 0.1) is 0 Å². The normalized spacial score (nSPS) is 36.4. The van der Waals surface area contributed by atoms with Crippen molar-refractivity contribution in [3.8, 4) is 0 Å². The van der Waals surface area contributed by atoms with Gasteiger partial charge in [0.2, 0.25) is 5.79 Å². The van der Waals surface area contributed by atoms with E-state index in [2.05, 4.69) is 0 Å². The van der Waals surface area contributed by atoms with Gasteiger partial charge in [-0.25, -0.2) is 0 Å². The number of fused-ring (bicyclic) bond motifs is 3. The van der Waals surface area contributed by atoms with Crippen molar-refractivity contribution in [2.24, 2.45) is 0 Å². The first-order valence-electron chi connectivity index (χ1n) is 9.31. The van der Waals surface area contributed by atoms with E-state index in [1.54, 1.807) is 0 Å². The monoisotopic (exact) mass is 398 g/mol. The smallest absolute Gasteiger partial charge is 0.224 e. The van der Waals surface area contributed by atoms with Crippen molar-refractivity contribution < 1.29 is 28.4 Å². The molecule has 0 spiro atoms. The lowest BCUT2D eigenvalue weighted by Crippen LogP contribution is -2.51. The average Bonchev–Trinajstić information content (AvgIpc) is 3.02. The standard InChI is InChI=1S/C20H27ClO6/c1-18(2)23-11-15-16(25-18)17-20(24-15,27-19(3,4)26-17)12-22-10-14-7-5-13(9-21)6-8-14/h5-8,15-17H,9-12H2,1-4H3/t15-,16+,17-,20-/m0/s1. The molecular formula is C20H27ClO6. The van der Waals surface area contributed by atoms with Crippen LogP contribution in [0.2, 0.25) is 0 Å². The fourth-order valence-corrected chi connectivity index (χ4v) is 4.09. The average molecular weight is 399 g/mol.